The van der Waals surface area contributed by atoms with Crippen molar-refractivity contribution in [1.29, 1.82) is 0 Å². The highest BCUT2D eigenvalue weighted by Gasteiger charge is 2.37. The molecule has 1 aliphatic heterocycles. The Morgan fingerprint density at radius 3 is 2.10 bits per heavy atom. The molecule has 2 aromatic carbocycles. The lowest BCUT2D eigenvalue weighted by molar-refractivity contribution is -0.126. The number of methoxy groups -OCH3 is 4. The van der Waals surface area contributed by atoms with Crippen LogP contribution in [-0.2, 0) is 11.2 Å². The number of carbonyl (C=O) groups is 1. The molecule has 1 amide bonds. The van der Waals surface area contributed by atoms with Gasteiger partial charge in [0, 0.05) is 6.54 Å². The predicted molar refractivity (Wildman–Crippen MR) is 119 cm³/mol. The highest BCUT2D eigenvalue weighted by Crippen LogP contribution is 2.40. The second kappa shape index (κ2) is 9.75. The van der Waals surface area contributed by atoms with Crippen molar-refractivity contribution >= 4 is 28.5 Å². The molecule has 0 radical (unpaired) electrons. The maximum atomic E-state index is 13.0. The first-order valence-electron chi connectivity index (χ1n) is 9.54. The average Bonchev–Trinajstić information content (AvgIpc) is 3.07. The Morgan fingerprint density at radius 2 is 1.60 bits per heavy atom. The Morgan fingerprint density at radius 1 is 0.967 bits per heavy atom. The zero-order valence-corrected chi connectivity index (χ0v) is 18.6. The number of carbonyl (C=O) groups excluding carboxylic acids is 1. The first kappa shape index (κ1) is 21.8. The molecular weight excluding hydrogens is 404 g/mol. The third kappa shape index (κ3) is 4.48. The van der Waals surface area contributed by atoms with E-state index in [1.807, 2.05) is 43.3 Å². The van der Waals surface area contributed by atoms with Gasteiger partial charge in [-0.05, 0) is 55.3 Å². The molecule has 160 valence electrons. The van der Waals surface area contributed by atoms with Crippen molar-refractivity contribution in [1.82, 2.24) is 4.90 Å². The normalized spacial score (nSPS) is 17.4. The van der Waals surface area contributed by atoms with Gasteiger partial charge in [-0.2, -0.15) is 0 Å². The number of ether oxygens (including phenoxy) is 4. The zero-order chi connectivity index (χ0) is 21.7. The number of hydrogen-bond donors (Lipinski definition) is 0. The Hall–Kier alpha value is -2.87. The van der Waals surface area contributed by atoms with Crippen molar-refractivity contribution in [3.63, 3.8) is 0 Å². The molecule has 0 saturated carbocycles. The predicted octanol–water partition coefficient (Wildman–Crippen LogP) is 3.92. The van der Waals surface area contributed by atoms with E-state index in [9.17, 15) is 4.79 Å². The number of nitrogens with zero attached hydrogens (tertiary/aromatic N) is 2. The molecule has 30 heavy (non-hydrogen) atoms. The van der Waals surface area contributed by atoms with Crippen LogP contribution in [0.1, 0.15) is 12.5 Å². The maximum absolute atomic E-state index is 13.0. The zero-order valence-electron chi connectivity index (χ0n) is 17.8. The molecule has 1 aliphatic rings. The minimum Gasteiger partial charge on any atom is -0.497 e. The fourth-order valence-corrected chi connectivity index (χ4v) is 4.51. The van der Waals surface area contributed by atoms with E-state index in [1.165, 1.54) is 11.8 Å². The summed E-state index contributed by atoms with van der Waals surface area (Å²) in [6.07, 6.45) is 0.526. The molecule has 0 N–H and O–H groups in total. The second-order valence-corrected chi connectivity index (χ2v) is 7.69. The summed E-state index contributed by atoms with van der Waals surface area (Å²) in [6.45, 7) is 2.51. The van der Waals surface area contributed by atoms with Crippen LogP contribution >= 0.6 is 11.8 Å². The first-order chi connectivity index (χ1) is 14.5. The average molecular weight is 431 g/mol. The molecule has 2 aromatic rings. The Kier molecular flexibility index (Phi) is 7.10. The van der Waals surface area contributed by atoms with E-state index < -0.39 is 0 Å². The van der Waals surface area contributed by atoms with E-state index >= 15 is 0 Å². The Balaban J connectivity index is 1.85. The van der Waals surface area contributed by atoms with Crippen LogP contribution in [0.4, 0.5) is 5.69 Å². The van der Waals surface area contributed by atoms with Crippen LogP contribution < -0.4 is 18.9 Å². The van der Waals surface area contributed by atoms with Gasteiger partial charge in [-0.1, -0.05) is 11.8 Å². The van der Waals surface area contributed by atoms with Crippen molar-refractivity contribution in [3.8, 4) is 23.0 Å². The standard InChI is InChI=1S/C22H26N2O5S/c1-6-24-21(25)19(30-22(24)23-15-7-9-16(26-2)10-8-15)13-14-11-17(27-3)20(29-5)18(12-14)28-4/h7-12,19H,6,13H2,1-5H3/t19-/m0/s1. The molecule has 8 heteroatoms. The molecule has 0 bridgehead atoms. The summed E-state index contributed by atoms with van der Waals surface area (Å²) in [5, 5.41) is 0.426. The molecule has 0 aromatic heterocycles. The summed E-state index contributed by atoms with van der Waals surface area (Å²) in [5.74, 6) is 2.49. The molecule has 0 aliphatic carbocycles. The van der Waals surface area contributed by atoms with E-state index in [2.05, 4.69) is 4.99 Å². The summed E-state index contributed by atoms with van der Waals surface area (Å²) in [7, 11) is 6.35. The highest BCUT2D eigenvalue weighted by molar-refractivity contribution is 8.15. The topological polar surface area (TPSA) is 69.6 Å². The maximum Gasteiger partial charge on any atom is 0.242 e. The minimum atomic E-state index is -0.273. The number of benzene rings is 2. The van der Waals surface area contributed by atoms with Crippen molar-refractivity contribution in [2.75, 3.05) is 35.0 Å². The number of thioether (sulfide) groups is 1. The quantitative estimate of drug-likeness (QED) is 0.632. The van der Waals surface area contributed by atoms with Gasteiger partial charge < -0.3 is 18.9 Å². The van der Waals surface area contributed by atoms with E-state index in [-0.39, 0.29) is 11.2 Å². The number of amidine groups is 1. The third-order valence-corrected chi connectivity index (χ3v) is 5.95. The minimum absolute atomic E-state index is 0.0449. The lowest BCUT2D eigenvalue weighted by atomic mass is 10.1. The smallest absolute Gasteiger partial charge is 0.242 e. The molecular formula is C22H26N2O5S. The van der Waals surface area contributed by atoms with Crippen LogP contribution in [0.3, 0.4) is 0 Å². The summed E-state index contributed by atoms with van der Waals surface area (Å²) >= 11 is 1.47. The Labute approximate surface area is 181 Å². The number of amides is 1. The van der Waals surface area contributed by atoms with Crippen molar-refractivity contribution < 1.29 is 23.7 Å². The molecule has 7 nitrogen and oxygen atoms in total. The van der Waals surface area contributed by atoms with Gasteiger partial charge >= 0.3 is 0 Å². The van der Waals surface area contributed by atoms with Crippen molar-refractivity contribution in [2.24, 2.45) is 4.99 Å². The van der Waals surface area contributed by atoms with Gasteiger partial charge in [0.05, 0.1) is 39.4 Å². The fraction of sp³-hybridized carbons (Fsp3) is 0.364. The highest BCUT2D eigenvalue weighted by atomic mass is 32.2. The van der Waals surface area contributed by atoms with Gasteiger partial charge in [-0.3, -0.25) is 9.69 Å². The van der Waals surface area contributed by atoms with Gasteiger partial charge in [0.1, 0.15) is 5.75 Å². The van der Waals surface area contributed by atoms with E-state index in [0.29, 0.717) is 35.4 Å². The van der Waals surface area contributed by atoms with Gasteiger partial charge in [0.2, 0.25) is 11.7 Å². The summed E-state index contributed by atoms with van der Waals surface area (Å²) in [5.41, 5.74) is 1.70. The molecule has 0 unspecified atom stereocenters. The van der Waals surface area contributed by atoms with Crippen LogP contribution in [0.2, 0.25) is 0 Å². The molecule has 1 fully saturated rings. The lowest BCUT2D eigenvalue weighted by Gasteiger charge is -2.15. The van der Waals surface area contributed by atoms with E-state index in [1.54, 1.807) is 33.3 Å². The summed E-state index contributed by atoms with van der Waals surface area (Å²) in [4.78, 5) is 19.4. The second-order valence-electron chi connectivity index (χ2n) is 6.52. The van der Waals surface area contributed by atoms with Crippen LogP contribution in [0.5, 0.6) is 23.0 Å². The number of aliphatic imine (C=N–C) groups is 1. The third-order valence-electron chi connectivity index (χ3n) is 4.78. The van der Waals surface area contributed by atoms with E-state index in [0.717, 1.165) is 17.0 Å². The molecule has 1 heterocycles. The monoisotopic (exact) mass is 430 g/mol. The molecule has 1 saturated heterocycles. The van der Waals surface area contributed by atoms with Gasteiger partial charge in [-0.15, -0.1) is 0 Å². The van der Waals surface area contributed by atoms with Gasteiger partial charge in [-0.25, -0.2) is 4.99 Å². The SMILES string of the molecule is CCN1C(=O)[C@H](Cc2cc(OC)c(OC)c(OC)c2)SC1=Nc1ccc(OC)cc1. The first-order valence-corrected chi connectivity index (χ1v) is 10.4. The molecule has 0 spiro atoms. The van der Waals surface area contributed by atoms with Crippen LogP contribution in [0, 0.1) is 0 Å². The number of rotatable bonds is 8. The van der Waals surface area contributed by atoms with Crippen LogP contribution in [-0.4, -0.2) is 56.2 Å². The molecule has 3 rings (SSSR count). The number of hydrogen-bond acceptors (Lipinski definition) is 7. The van der Waals surface area contributed by atoms with E-state index in [4.69, 9.17) is 18.9 Å². The Bertz CT molecular complexity index is 905. The lowest BCUT2D eigenvalue weighted by Crippen LogP contribution is -2.32. The van der Waals surface area contributed by atoms with Crippen LogP contribution in [0.25, 0.3) is 0 Å². The summed E-state index contributed by atoms with van der Waals surface area (Å²) < 4.78 is 21.4. The van der Waals surface area contributed by atoms with Gasteiger partial charge in [0.15, 0.2) is 16.7 Å². The molecule has 1 atom stereocenters. The largest absolute Gasteiger partial charge is 0.497 e. The summed E-state index contributed by atoms with van der Waals surface area (Å²) in [6, 6.07) is 11.2. The van der Waals surface area contributed by atoms with Crippen molar-refractivity contribution in [3.05, 3.63) is 42.0 Å². The van der Waals surface area contributed by atoms with Crippen molar-refractivity contribution in [2.45, 2.75) is 18.6 Å². The van der Waals surface area contributed by atoms with Gasteiger partial charge in [0.25, 0.3) is 0 Å². The fourth-order valence-electron chi connectivity index (χ4n) is 3.25. The van der Waals surface area contributed by atoms with Crippen LogP contribution in [0.15, 0.2) is 41.4 Å².